The third-order valence-electron chi connectivity index (χ3n) is 3.22. The molecule has 3 nitrogen and oxygen atoms in total. The molecule has 0 atom stereocenters. The van der Waals surface area contributed by atoms with E-state index in [0.717, 1.165) is 38.1 Å². The first kappa shape index (κ1) is 13.1. The summed E-state index contributed by atoms with van der Waals surface area (Å²) < 4.78 is 5.52. The molecule has 1 N–H and O–H groups in total. The van der Waals surface area contributed by atoms with Crippen molar-refractivity contribution in [3.8, 4) is 0 Å². The molecule has 0 bridgehead atoms. The quantitative estimate of drug-likeness (QED) is 0.783. The van der Waals surface area contributed by atoms with Crippen molar-refractivity contribution in [3.63, 3.8) is 0 Å². The van der Waals surface area contributed by atoms with Crippen molar-refractivity contribution in [2.24, 2.45) is 0 Å². The smallest absolute Gasteiger partial charge is 0.128 e. The van der Waals surface area contributed by atoms with Gasteiger partial charge in [0.15, 0.2) is 0 Å². The van der Waals surface area contributed by atoms with Crippen molar-refractivity contribution >= 4 is 5.84 Å². The molecule has 2 rings (SSSR count). The van der Waals surface area contributed by atoms with Crippen LogP contribution in [-0.4, -0.2) is 30.0 Å². The number of nitrogens with zero attached hydrogens (tertiary/aromatic N) is 1. The summed E-state index contributed by atoms with van der Waals surface area (Å²) in [5.41, 5.74) is 2.37. The Hall–Kier alpha value is -1.35. The molecule has 1 aromatic carbocycles. The Morgan fingerprint density at radius 1 is 1.28 bits per heavy atom. The number of amidine groups is 1. The van der Waals surface area contributed by atoms with Crippen LogP contribution in [0.2, 0.25) is 0 Å². The predicted octanol–water partition coefficient (Wildman–Crippen LogP) is 3.03. The fourth-order valence-corrected chi connectivity index (χ4v) is 2.26. The third-order valence-corrected chi connectivity index (χ3v) is 3.22. The van der Waals surface area contributed by atoms with Crippen LogP contribution in [0.15, 0.2) is 24.3 Å². The molecule has 1 aromatic rings. The molecule has 0 amide bonds. The van der Waals surface area contributed by atoms with Gasteiger partial charge in [-0.3, -0.25) is 5.41 Å². The minimum Gasteiger partial charge on any atom is -0.379 e. The Labute approximate surface area is 109 Å². The zero-order valence-electron chi connectivity index (χ0n) is 11.3. The maximum Gasteiger partial charge on any atom is 0.128 e. The molecule has 0 saturated heterocycles. The summed E-state index contributed by atoms with van der Waals surface area (Å²) in [4.78, 5) is 2.15. The standard InChI is InChI=1S/C15H22N2O/c1-12(2)18-10-6-5-9-17-11-13-7-3-4-8-14(13)15(17)16/h3-4,7-8,12,16H,5-6,9-11H2,1-2H3. The Balaban J connectivity index is 1.75. The van der Waals surface area contributed by atoms with Gasteiger partial charge >= 0.3 is 0 Å². The molecule has 0 spiro atoms. The molecule has 3 heteroatoms. The number of nitrogens with one attached hydrogen (secondary N) is 1. The van der Waals surface area contributed by atoms with Crippen molar-refractivity contribution < 1.29 is 4.74 Å². The van der Waals surface area contributed by atoms with Gasteiger partial charge in [-0.1, -0.05) is 24.3 Å². The van der Waals surface area contributed by atoms with Gasteiger partial charge < -0.3 is 9.64 Å². The molecule has 0 fully saturated rings. The largest absolute Gasteiger partial charge is 0.379 e. The average Bonchev–Trinajstić information content (AvgIpc) is 2.66. The van der Waals surface area contributed by atoms with E-state index in [1.54, 1.807) is 0 Å². The Morgan fingerprint density at radius 2 is 2.06 bits per heavy atom. The molecule has 0 unspecified atom stereocenters. The van der Waals surface area contributed by atoms with Crippen molar-refractivity contribution in [2.75, 3.05) is 13.2 Å². The molecule has 98 valence electrons. The topological polar surface area (TPSA) is 36.3 Å². The molecule has 0 saturated carbocycles. The molecular weight excluding hydrogens is 224 g/mol. The van der Waals surface area contributed by atoms with Gasteiger partial charge in [-0.25, -0.2) is 0 Å². The normalized spacial score (nSPS) is 14.4. The molecule has 1 aliphatic rings. The van der Waals surface area contributed by atoms with E-state index in [9.17, 15) is 0 Å². The number of rotatable bonds is 6. The minimum atomic E-state index is 0.319. The fourth-order valence-electron chi connectivity index (χ4n) is 2.26. The summed E-state index contributed by atoms with van der Waals surface area (Å²) >= 11 is 0. The maximum atomic E-state index is 8.13. The van der Waals surface area contributed by atoms with Crippen molar-refractivity contribution in [3.05, 3.63) is 35.4 Å². The summed E-state index contributed by atoms with van der Waals surface area (Å²) in [6, 6.07) is 8.21. The van der Waals surface area contributed by atoms with Crippen LogP contribution in [-0.2, 0) is 11.3 Å². The van der Waals surface area contributed by atoms with Gasteiger partial charge in [0.05, 0.1) is 6.10 Å². The van der Waals surface area contributed by atoms with Crippen LogP contribution in [0.5, 0.6) is 0 Å². The van der Waals surface area contributed by atoms with E-state index in [2.05, 4.69) is 24.8 Å². The highest BCUT2D eigenvalue weighted by Gasteiger charge is 2.22. The molecule has 0 aliphatic carbocycles. The van der Waals surface area contributed by atoms with Gasteiger partial charge in [-0.15, -0.1) is 0 Å². The van der Waals surface area contributed by atoms with Gasteiger partial charge in [-0.2, -0.15) is 0 Å². The Morgan fingerprint density at radius 3 is 2.78 bits per heavy atom. The summed E-state index contributed by atoms with van der Waals surface area (Å²) in [6.45, 7) is 6.79. The SMILES string of the molecule is CC(C)OCCCCN1Cc2ccccc2C1=N. The Bertz CT molecular complexity index is 415. The average molecular weight is 246 g/mol. The highest BCUT2D eigenvalue weighted by atomic mass is 16.5. The lowest BCUT2D eigenvalue weighted by Crippen LogP contribution is -2.25. The van der Waals surface area contributed by atoms with Gasteiger partial charge in [0.1, 0.15) is 5.84 Å². The van der Waals surface area contributed by atoms with E-state index in [1.165, 1.54) is 5.56 Å². The lowest BCUT2D eigenvalue weighted by Gasteiger charge is -2.17. The highest BCUT2D eigenvalue weighted by molar-refractivity contribution is 6.00. The highest BCUT2D eigenvalue weighted by Crippen LogP contribution is 2.22. The summed E-state index contributed by atoms with van der Waals surface area (Å²) in [5, 5.41) is 8.13. The molecule has 0 aromatic heterocycles. The number of unbranched alkanes of at least 4 members (excludes halogenated alkanes) is 1. The zero-order chi connectivity index (χ0) is 13.0. The number of fused-ring (bicyclic) bond motifs is 1. The second-order valence-electron chi connectivity index (χ2n) is 5.05. The third kappa shape index (κ3) is 3.10. The maximum absolute atomic E-state index is 8.13. The van der Waals surface area contributed by atoms with Gasteiger partial charge in [0.2, 0.25) is 0 Å². The molecule has 1 aliphatic heterocycles. The van der Waals surface area contributed by atoms with Crippen LogP contribution < -0.4 is 0 Å². The van der Waals surface area contributed by atoms with Crippen molar-refractivity contribution in [1.82, 2.24) is 4.90 Å². The lowest BCUT2D eigenvalue weighted by atomic mass is 10.1. The first-order chi connectivity index (χ1) is 8.68. The molecule has 1 heterocycles. The minimum absolute atomic E-state index is 0.319. The first-order valence-electron chi connectivity index (χ1n) is 6.72. The van der Waals surface area contributed by atoms with E-state index >= 15 is 0 Å². The van der Waals surface area contributed by atoms with Gasteiger partial charge in [-0.05, 0) is 32.3 Å². The fraction of sp³-hybridized carbons (Fsp3) is 0.533. The van der Waals surface area contributed by atoms with E-state index in [0.29, 0.717) is 11.9 Å². The number of ether oxygens (including phenoxy) is 1. The second kappa shape index (κ2) is 6.01. The van der Waals surface area contributed by atoms with Crippen LogP contribution in [0, 0.1) is 5.41 Å². The first-order valence-corrected chi connectivity index (χ1v) is 6.72. The van der Waals surface area contributed by atoms with Crippen LogP contribution in [0.25, 0.3) is 0 Å². The number of hydrogen-bond acceptors (Lipinski definition) is 2. The number of hydrogen-bond donors (Lipinski definition) is 1. The summed E-state index contributed by atoms with van der Waals surface area (Å²) in [6.07, 6.45) is 2.47. The number of benzene rings is 1. The molecule has 0 radical (unpaired) electrons. The second-order valence-corrected chi connectivity index (χ2v) is 5.05. The van der Waals surface area contributed by atoms with Gasteiger partial charge in [0, 0.05) is 25.3 Å². The van der Waals surface area contributed by atoms with Crippen LogP contribution in [0.3, 0.4) is 0 Å². The van der Waals surface area contributed by atoms with E-state index in [4.69, 9.17) is 10.1 Å². The van der Waals surface area contributed by atoms with E-state index < -0.39 is 0 Å². The van der Waals surface area contributed by atoms with Gasteiger partial charge in [0.25, 0.3) is 0 Å². The van der Waals surface area contributed by atoms with Crippen LogP contribution in [0.1, 0.15) is 37.8 Å². The summed E-state index contributed by atoms with van der Waals surface area (Å²) in [5.74, 6) is 0.676. The molecule has 18 heavy (non-hydrogen) atoms. The van der Waals surface area contributed by atoms with Crippen molar-refractivity contribution in [1.29, 1.82) is 5.41 Å². The monoisotopic (exact) mass is 246 g/mol. The zero-order valence-corrected chi connectivity index (χ0v) is 11.3. The van der Waals surface area contributed by atoms with E-state index in [-0.39, 0.29) is 0 Å². The van der Waals surface area contributed by atoms with Crippen molar-refractivity contribution in [2.45, 2.75) is 39.3 Å². The van der Waals surface area contributed by atoms with Crippen LogP contribution in [0.4, 0.5) is 0 Å². The van der Waals surface area contributed by atoms with E-state index in [1.807, 2.05) is 18.2 Å². The Kier molecular flexibility index (Phi) is 4.37. The lowest BCUT2D eigenvalue weighted by molar-refractivity contribution is 0.0752. The predicted molar refractivity (Wildman–Crippen MR) is 74.0 cm³/mol. The summed E-state index contributed by atoms with van der Waals surface area (Å²) in [7, 11) is 0. The molecular formula is C15H22N2O. The van der Waals surface area contributed by atoms with Crippen LogP contribution >= 0.6 is 0 Å².